The standard InChI is InChI=1S/C27H39N3O11/c1-26(2)38-15(13-36-25(28)33)18(39-26)16(29-12-14-10-8-7-9-11-14)22(31)30-17(23(32)34-5)19-20-21(24(35-6)37-19)41-27(3,4)40-20/h7-11,15-21,24,29H,12-13H2,1-6H3,(H2,28,33)(H,30,31)/t15-,16-,17+,18+,19+,20+,21+,24+/m0/s1. The zero-order valence-electron chi connectivity index (χ0n) is 24.0. The minimum atomic E-state index is -1.30. The summed E-state index contributed by atoms with van der Waals surface area (Å²) in [6.07, 6.45) is -6.01. The number of primary amides is 1. The van der Waals surface area contributed by atoms with Crippen molar-refractivity contribution >= 4 is 18.0 Å². The SMILES string of the molecule is COC(=O)[C@H](NC(=O)[C@@H](NCc1ccccc1)[C@@H]1OC(C)(C)O[C@H]1COC(N)=O)[C@H]1O[C@@H](OC)[C@@H]2OC(C)(C)O[C@@H]21. The van der Waals surface area contributed by atoms with Crippen LogP contribution < -0.4 is 16.4 Å². The van der Waals surface area contributed by atoms with Crippen LogP contribution in [0, 0.1) is 0 Å². The van der Waals surface area contributed by atoms with E-state index in [0.29, 0.717) is 0 Å². The van der Waals surface area contributed by atoms with E-state index in [2.05, 4.69) is 10.6 Å². The largest absolute Gasteiger partial charge is 0.467 e. The molecule has 0 saturated carbocycles. The van der Waals surface area contributed by atoms with Crippen molar-refractivity contribution < 1.29 is 52.3 Å². The minimum Gasteiger partial charge on any atom is -0.467 e. The Morgan fingerprint density at radius 1 is 0.927 bits per heavy atom. The second kappa shape index (κ2) is 12.6. The number of carbonyl (C=O) groups excluding carboxylic acids is 3. The van der Waals surface area contributed by atoms with Crippen LogP contribution in [-0.4, -0.2) is 99.3 Å². The van der Waals surface area contributed by atoms with Gasteiger partial charge in [-0.15, -0.1) is 0 Å². The van der Waals surface area contributed by atoms with Crippen molar-refractivity contribution in [2.45, 2.75) is 94.7 Å². The number of methoxy groups -OCH3 is 2. The maximum atomic E-state index is 14.0. The summed E-state index contributed by atoms with van der Waals surface area (Å²) in [6, 6.07) is 7.01. The highest BCUT2D eigenvalue weighted by molar-refractivity contribution is 5.88. The number of rotatable bonds is 11. The lowest BCUT2D eigenvalue weighted by atomic mass is 10.0. The smallest absolute Gasteiger partial charge is 0.404 e. The highest BCUT2D eigenvalue weighted by atomic mass is 16.8. The summed E-state index contributed by atoms with van der Waals surface area (Å²) in [4.78, 5) is 38.4. The van der Waals surface area contributed by atoms with Crippen molar-refractivity contribution in [1.29, 1.82) is 0 Å². The minimum absolute atomic E-state index is 0.258. The lowest BCUT2D eigenvalue weighted by molar-refractivity contribution is -0.230. The molecule has 0 radical (unpaired) electrons. The molecule has 3 aliphatic rings. The first-order valence-corrected chi connectivity index (χ1v) is 13.3. The molecule has 1 aromatic carbocycles. The molecule has 3 fully saturated rings. The molecule has 0 bridgehead atoms. The van der Waals surface area contributed by atoms with E-state index in [1.807, 2.05) is 30.3 Å². The molecule has 228 valence electrons. The maximum Gasteiger partial charge on any atom is 0.404 e. The Balaban J connectivity index is 1.61. The van der Waals surface area contributed by atoms with Gasteiger partial charge < -0.3 is 48.9 Å². The van der Waals surface area contributed by atoms with E-state index < -0.39 is 78.4 Å². The highest BCUT2D eigenvalue weighted by Gasteiger charge is 2.59. The monoisotopic (exact) mass is 581 g/mol. The van der Waals surface area contributed by atoms with Gasteiger partial charge >= 0.3 is 12.1 Å². The maximum absolute atomic E-state index is 14.0. The van der Waals surface area contributed by atoms with Gasteiger partial charge in [0.05, 0.1) is 7.11 Å². The molecule has 0 aromatic heterocycles. The lowest BCUT2D eigenvalue weighted by Gasteiger charge is -2.31. The van der Waals surface area contributed by atoms with Crippen molar-refractivity contribution in [3.63, 3.8) is 0 Å². The van der Waals surface area contributed by atoms with Crippen molar-refractivity contribution in [2.75, 3.05) is 20.8 Å². The van der Waals surface area contributed by atoms with Crippen LogP contribution in [0.25, 0.3) is 0 Å². The molecule has 0 unspecified atom stereocenters. The van der Waals surface area contributed by atoms with Gasteiger partial charge in [-0.2, -0.15) is 0 Å². The molecule has 2 amide bonds. The quantitative estimate of drug-likeness (QED) is 0.306. The number of amides is 2. The lowest BCUT2D eigenvalue weighted by Crippen LogP contribution is -2.61. The molecule has 3 aliphatic heterocycles. The topological polar surface area (TPSA) is 175 Å². The Morgan fingerprint density at radius 2 is 1.59 bits per heavy atom. The Hall–Kier alpha value is -2.85. The van der Waals surface area contributed by atoms with Gasteiger partial charge in [0.1, 0.15) is 43.2 Å². The Labute approximate surface area is 238 Å². The van der Waals surface area contributed by atoms with E-state index in [-0.39, 0.29) is 13.2 Å². The molecular formula is C27H39N3O11. The van der Waals surface area contributed by atoms with E-state index in [1.54, 1.807) is 27.7 Å². The Kier molecular flexibility index (Phi) is 9.53. The molecule has 3 saturated heterocycles. The van der Waals surface area contributed by atoms with E-state index >= 15 is 0 Å². The average molecular weight is 582 g/mol. The van der Waals surface area contributed by atoms with E-state index in [4.69, 9.17) is 43.6 Å². The summed E-state index contributed by atoms with van der Waals surface area (Å²) < 4.78 is 45.4. The fourth-order valence-corrected chi connectivity index (χ4v) is 5.32. The van der Waals surface area contributed by atoms with Gasteiger partial charge in [-0.3, -0.25) is 10.1 Å². The number of carbonyl (C=O) groups is 3. The molecule has 14 heteroatoms. The number of nitrogens with two attached hydrogens (primary N) is 1. The summed E-state index contributed by atoms with van der Waals surface area (Å²) in [5.41, 5.74) is 6.06. The number of ether oxygens (including phenoxy) is 8. The van der Waals surface area contributed by atoms with E-state index in [9.17, 15) is 14.4 Å². The number of hydrogen-bond acceptors (Lipinski definition) is 12. The van der Waals surface area contributed by atoms with Crippen molar-refractivity contribution in [3.05, 3.63) is 35.9 Å². The van der Waals surface area contributed by atoms with Crippen LogP contribution in [0.1, 0.15) is 33.3 Å². The fourth-order valence-electron chi connectivity index (χ4n) is 5.32. The molecule has 0 aliphatic carbocycles. The molecule has 1 aromatic rings. The van der Waals surface area contributed by atoms with Gasteiger partial charge in [0.15, 0.2) is 23.9 Å². The van der Waals surface area contributed by atoms with Gasteiger partial charge in [0, 0.05) is 13.7 Å². The summed E-state index contributed by atoms with van der Waals surface area (Å²) in [7, 11) is 2.65. The highest BCUT2D eigenvalue weighted by Crippen LogP contribution is 2.40. The predicted octanol–water partition coefficient (Wildman–Crippen LogP) is 0.309. The van der Waals surface area contributed by atoms with Crippen molar-refractivity contribution in [1.82, 2.24) is 10.6 Å². The third kappa shape index (κ3) is 7.33. The summed E-state index contributed by atoms with van der Waals surface area (Å²) in [6.45, 7) is 6.82. The van der Waals surface area contributed by atoms with Gasteiger partial charge in [-0.1, -0.05) is 30.3 Å². The van der Waals surface area contributed by atoms with Crippen LogP contribution in [-0.2, 0) is 54.0 Å². The fraction of sp³-hybridized carbons (Fsp3) is 0.667. The van der Waals surface area contributed by atoms with Gasteiger partial charge in [-0.25, -0.2) is 9.59 Å². The zero-order chi connectivity index (χ0) is 29.9. The summed E-state index contributed by atoms with van der Waals surface area (Å²) >= 11 is 0. The molecule has 14 nitrogen and oxygen atoms in total. The number of fused-ring (bicyclic) bond motifs is 1. The molecule has 3 heterocycles. The van der Waals surface area contributed by atoms with Crippen LogP contribution in [0.4, 0.5) is 4.79 Å². The molecular weight excluding hydrogens is 542 g/mol. The average Bonchev–Trinajstić information content (AvgIpc) is 3.52. The second-order valence-electron chi connectivity index (χ2n) is 10.9. The van der Waals surface area contributed by atoms with E-state index in [0.717, 1.165) is 5.56 Å². The van der Waals surface area contributed by atoms with Crippen LogP contribution in [0.2, 0.25) is 0 Å². The van der Waals surface area contributed by atoms with Crippen LogP contribution in [0.15, 0.2) is 30.3 Å². The van der Waals surface area contributed by atoms with Crippen molar-refractivity contribution in [2.24, 2.45) is 5.73 Å². The second-order valence-corrected chi connectivity index (χ2v) is 10.9. The third-order valence-electron chi connectivity index (χ3n) is 6.95. The number of esters is 1. The Bertz CT molecular complexity index is 1090. The predicted molar refractivity (Wildman–Crippen MR) is 140 cm³/mol. The third-order valence-corrected chi connectivity index (χ3v) is 6.95. The van der Waals surface area contributed by atoms with Gasteiger partial charge in [-0.05, 0) is 33.3 Å². The van der Waals surface area contributed by atoms with Crippen molar-refractivity contribution in [3.8, 4) is 0 Å². The first-order valence-electron chi connectivity index (χ1n) is 13.3. The van der Waals surface area contributed by atoms with Gasteiger partial charge in [0.25, 0.3) is 0 Å². The number of hydrogen-bond donors (Lipinski definition) is 3. The molecule has 41 heavy (non-hydrogen) atoms. The van der Waals surface area contributed by atoms with Crippen LogP contribution >= 0.6 is 0 Å². The van der Waals surface area contributed by atoms with Crippen LogP contribution in [0.3, 0.4) is 0 Å². The molecule has 0 spiro atoms. The Morgan fingerprint density at radius 3 is 2.22 bits per heavy atom. The molecule has 4 N–H and O–H groups in total. The van der Waals surface area contributed by atoms with Gasteiger partial charge in [0.2, 0.25) is 5.91 Å². The summed E-state index contributed by atoms with van der Waals surface area (Å²) in [5.74, 6) is -3.45. The zero-order valence-corrected chi connectivity index (χ0v) is 24.0. The number of nitrogens with one attached hydrogen (secondary N) is 2. The normalized spacial score (nSPS) is 31.2. The molecule has 8 atom stereocenters. The van der Waals surface area contributed by atoms with E-state index in [1.165, 1.54) is 14.2 Å². The van der Waals surface area contributed by atoms with Crippen LogP contribution in [0.5, 0.6) is 0 Å². The number of benzene rings is 1. The molecule has 4 rings (SSSR count). The summed E-state index contributed by atoms with van der Waals surface area (Å²) in [5, 5.41) is 5.96. The first-order chi connectivity index (χ1) is 19.3. The first kappa shape index (κ1) is 31.1.